The summed E-state index contributed by atoms with van der Waals surface area (Å²) in [6.45, 7) is 8.49. The van der Waals surface area contributed by atoms with Gasteiger partial charge in [-0.3, -0.25) is 4.90 Å². The number of carbonyl (C=O) groups is 1. The lowest BCUT2D eigenvalue weighted by Crippen LogP contribution is -2.50. The van der Waals surface area contributed by atoms with Crippen LogP contribution in [-0.2, 0) is 4.74 Å². The Hall–Kier alpha value is -1.66. The second-order valence-corrected chi connectivity index (χ2v) is 5.99. The van der Waals surface area contributed by atoms with Crippen molar-refractivity contribution in [1.29, 1.82) is 0 Å². The van der Waals surface area contributed by atoms with E-state index in [1.807, 2.05) is 18.0 Å². The summed E-state index contributed by atoms with van der Waals surface area (Å²) in [6, 6.07) is 5.06. The number of aromatic carboxylic acids is 1. The quantitative estimate of drug-likeness (QED) is 0.883. The summed E-state index contributed by atoms with van der Waals surface area (Å²) >= 11 is 0. The van der Waals surface area contributed by atoms with Crippen LogP contribution in [0.15, 0.2) is 18.2 Å². The third kappa shape index (κ3) is 4.41. The molecule has 0 aromatic carbocycles. The van der Waals surface area contributed by atoms with Crippen LogP contribution in [0.1, 0.15) is 24.3 Å². The number of ether oxygens (including phenoxy) is 1. The maximum absolute atomic E-state index is 10.9. The molecule has 1 saturated heterocycles. The van der Waals surface area contributed by atoms with Gasteiger partial charge in [0.25, 0.3) is 0 Å². The van der Waals surface area contributed by atoms with E-state index in [4.69, 9.17) is 9.84 Å². The van der Waals surface area contributed by atoms with Crippen molar-refractivity contribution in [2.75, 3.05) is 44.7 Å². The van der Waals surface area contributed by atoms with E-state index in [0.29, 0.717) is 5.82 Å². The zero-order chi connectivity index (χ0) is 15.5. The van der Waals surface area contributed by atoms with Gasteiger partial charge in [-0.05, 0) is 26.0 Å². The lowest BCUT2D eigenvalue weighted by Gasteiger charge is -2.38. The Labute approximate surface area is 125 Å². The van der Waals surface area contributed by atoms with E-state index < -0.39 is 5.97 Å². The number of pyridine rings is 1. The molecule has 0 aliphatic carbocycles. The number of aromatic nitrogens is 1. The molecule has 0 amide bonds. The highest BCUT2D eigenvalue weighted by molar-refractivity contribution is 5.85. The topological polar surface area (TPSA) is 65.9 Å². The van der Waals surface area contributed by atoms with Crippen LogP contribution in [0.4, 0.5) is 5.82 Å². The molecule has 116 valence electrons. The van der Waals surface area contributed by atoms with Crippen molar-refractivity contribution in [3.63, 3.8) is 0 Å². The van der Waals surface area contributed by atoms with Crippen LogP contribution in [-0.4, -0.2) is 66.4 Å². The third-order valence-corrected chi connectivity index (χ3v) is 3.60. The van der Waals surface area contributed by atoms with Gasteiger partial charge in [-0.15, -0.1) is 0 Å². The number of carboxylic acid groups (broad SMARTS) is 1. The minimum absolute atomic E-state index is 0.0758. The summed E-state index contributed by atoms with van der Waals surface area (Å²) in [5, 5.41) is 8.98. The highest BCUT2D eigenvalue weighted by Gasteiger charge is 2.26. The standard InChI is InChI=1S/C15H23N3O3/c1-15(2)11-18(9-10-21-15)8-7-17(3)13-6-4-5-12(16-13)14(19)20/h4-6H,7-11H2,1-3H3,(H,19,20). The molecule has 2 heterocycles. The van der Waals surface area contributed by atoms with Crippen molar-refractivity contribution in [1.82, 2.24) is 9.88 Å². The van der Waals surface area contributed by atoms with Crippen molar-refractivity contribution in [3.05, 3.63) is 23.9 Å². The molecule has 1 fully saturated rings. The van der Waals surface area contributed by atoms with Crippen molar-refractivity contribution >= 4 is 11.8 Å². The molecule has 0 unspecified atom stereocenters. The van der Waals surface area contributed by atoms with Gasteiger partial charge in [0, 0.05) is 33.2 Å². The fraction of sp³-hybridized carbons (Fsp3) is 0.600. The van der Waals surface area contributed by atoms with Crippen LogP contribution in [0.5, 0.6) is 0 Å². The number of likely N-dealkylation sites (N-methyl/N-ethyl adjacent to an activating group) is 1. The predicted molar refractivity (Wildman–Crippen MR) is 80.9 cm³/mol. The maximum atomic E-state index is 10.9. The number of carboxylic acids is 1. The van der Waals surface area contributed by atoms with Gasteiger partial charge in [0.1, 0.15) is 5.82 Å². The van der Waals surface area contributed by atoms with E-state index in [1.165, 1.54) is 6.07 Å². The van der Waals surface area contributed by atoms with E-state index in [1.54, 1.807) is 6.07 Å². The molecule has 0 radical (unpaired) electrons. The molecule has 1 aliphatic heterocycles. The monoisotopic (exact) mass is 293 g/mol. The summed E-state index contributed by atoms with van der Waals surface area (Å²) in [6.07, 6.45) is 0. The Balaban J connectivity index is 1.91. The van der Waals surface area contributed by atoms with Gasteiger partial charge in [0.05, 0.1) is 12.2 Å². The second-order valence-electron chi connectivity index (χ2n) is 5.99. The average molecular weight is 293 g/mol. The van der Waals surface area contributed by atoms with Gasteiger partial charge in [-0.2, -0.15) is 0 Å². The van der Waals surface area contributed by atoms with E-state index in [-0.39, 0.29) is 11.3 Å². The molecule has 1 aliphatic rings. The number of hydrogen-bond acceptors (Lipinski definition) is 5. The van der Waals surface area contributed by atoms with Gasteiger partial charge in [-0.25, -0.2) is 9.78 Å². The van der Waals surface area contributed by atoms with E-state index >= 15 is 0 Å². The van der Waals surface area contributed by atoms with Gasteiger partial charge in [-0.1, -0.05) is 6.07 Å². The van der Waals surface area contributed by atoms with E-state index in [9.17, 15) is 4.79 Å². The van der Waals surface area contributed by atoms with Crippen LogP contribution in [0.2, 0.25) is 0 Å². The first-order valence-electron chi connectivity index (χ1n) is 7.15. The minimum Gasteiger partial charge on any atom is -0.477 e. The van der Waals surface area contributed by atoms with Crippen molar-refractivity contribution in [2.45, 2.75) is 19.4 Å². The fourth-order valence-electron chi connectivity index (χ4n) is 2.47. The second kappa shape index (κ2) is 6.41. The number of hydrogen-bond donors (Lipinski definition) is 1. The van der Waals surface area contributed by atoms with Crippen LogP contribution >= 0.6 is 0 Å². The largest absolute Gasteiger partial charge is 0.477 e. The van der Waals surface area contributed by atoms with Gasteiger partial charge in [0.2, 0.25) is 0 Å². The molecule has 0 bridgehead atoms. The van der Waals surface area contributed by atoms with Crippen LogP contribution in [0.25, 0.3) is 0 Å². The molecular formula is C15H23N3O3. The van der Waals surface area contributed by atoms with Crippen molar-refractivity contribution < 1.29 is 14.6 Å². The molecule has 6 nitrogen and oxygen atoms in total. The number of morpholine rings is 1. The zero-order valence-corrected chi connectivity index (χ0v) is 12.9. The molecule has 1 aromatic rings. The molecule has 2 rings (SSSR count). The Morgan fingerprint density at radius 2 is 2.29 bits per heavy atom. The SMILES string of the molecule is CN(CCN1CCOC(C)(C)C1)c1cccc(C(=O)O)n1. The molecule has 0 saturated carbocycles. The molecule has 0 spiro atoms. The lowest BCUT2D eigenvalue weighted by atomic mass is 10.1. The summed E-state index contributed by atoms with van der Waals surface area (Å²) in [7, 11) is 1.93. The van der Waals surface area contributed by atoms with Gasteiger partial charge >= 0.3 is 5.97 Å². The zero-order valence-electron chi connectivity index (χ0n) is 12.9. The average Bonchev–Trinajstić information content (AvgIpc) is 2.44. The molecule has 0 atom stereocenters. The Morgan fingerprint density at radius 3 is 2.95 bits per heavy atom. The molecule has 1 aromatic heterocycles. The Bertz CT molecular complexity index is 505. The maximum Gasteiger partial charge on any atom is 0.354 e. The number of nitrogens with zero attached hydrogens (tertiary/aromatic N) is 3. The summed E-state index contributed by atoms with van der Waals surface area (Å²) in [4.78, 5) is 19.4. The van der Waals surface area contributed by atoms with Crippen molar-refractivity contribution in [2.24, 2.45) is 0 Å². The van der Waals surface area contributed by atoms with E-state index in [0.717, 1.165) is 32.8 Å². The minimum atomic E-state index is -1.000. The summed E-state index contributed by atoms with van der Waals surface area (Å²) in [5.74, 6) is -0.317. The fourth-order valence-corrected chi connectivity index (χ4v) is 2.47. The number of anilines is 1. The van der Waals surface area contributed by atoms with Gasteiger partial charge in [0.15, 0.2) is 5.69 Å². The van der Waals surface area contributed by atoms with Crippen LogP contribution < -0.4 is 4.90 Å². The van der Waals surface area contributed by atoms with Crippen molar-refractivity contribution in [3.8, 4) is 0 Å². The highest BCUT2D eigenvalue weighted by atomic mass is 16.5. The lowest BCUT2D eigenvalue weighted by molar-refractivity contribution is -0.0850. The Morgan fingerprint density at radius 1 is 1.52 bits per heavy atom. The molecular weight excluding hydrogens is 270 g/mol. The normalized spacial score (nSPS) is 18.4. The van der Waals surface area contributed by atoms with Crippen LogP contribution in [0.3, 0.4) is 0 Å². The third-order valence-electron chi connectivity index (χ3n) is 3.60. The summed E-state index contributed by atoms with van der Waals surface area (Å²) in [5.41, 5.74) is -0.0231. The molecule has 21 heavy (non-hydrogen) atoms. The highest BCUT2D eigenvalue weighted by Crippen LogP contribution is 2.16. The predicted octanol–water partition coefficient (Wildman–Crippen LogP) is 1.33. The summed E-state index contributed by atoms with van der Waals surface area (Å²) < 4.78 is 5.70. The number of rotatable bonds is 5. The first-order chi connectivity index (χ1) is 9.87. The van der Waals surface area contributed by atoms with Gasteiger partial charge < -0.3 is 14.7 Å². The molecule has 6 heteroatoms. The first-order valence-corrected chi connectivity index (χ1v) is 7.15. The molecule has 1 N–H and O–H groups in total. The van der Waals surface area contributed by atoms with Crippen LogP contribution in [0, 0.1) is 0 Å². The Kier molecular flexibility index (Phi) is 4.80. The smallest absolute Gasteiger partial charge is 0.354 e. The van der Waals surface area contributed by atoms with E-state index in [2.05, 4.69) is 23.7 Å². The first kappa shape index (κ1) is 15.7.